The molecule has 0 aromatic heterocycles. The van der Waals surface area contributed by atoms with Crippen molar-refractivity contribution in [2.75, 3.05) is 14.2 Å². The monoisotopic (exact) mass is 328 g/mol. The van der Waals surface area contributed by atoms with E-state index < -0.39 is 11.6 Å². The van der Waals surface area contributed by atoms with E-state index in [-0.39, 0.29) is 39.5 Å². The largest absolute Gasteiger partial charge is 0.507 e. The van der Waals surface area contributed by atoms with Crippen molar-refractivity contribution in [2.45, 2.75) is 13.8 Å². The van der Waals surface area contributed by atoms with Gasteiger partial charge in [-0.25, -0.2) is 0 Å². The molecule has 0 saturated carbocycles. The summed E-state index contributed by atoms with van der Waals surface area (Å²) in [6, 6.07) is 2.92. The highest BCUT2D eigenvalue weighted by Crippen LogP contribution is 2.45. The second kappa shape index (κ2) is 5.26. The van der Waals surface area contributed by atoms with E-state index in [0.717, 1.165) is 0 Å². The van der Waals surface area contributed by atoms with Crippen LogP contribution in [0.4, 0.5) is 0 Å². The number of hydrogen-bond donors (Lipinski definition) is 2. The van der Waals surface area contributed by atoms with Gasteiger partial charge in [0.2, 0.25) is 5.78 Å². The van der Waals surface area contributed by atoms with Crippen LogP contribution in [0.3, 0.4) is 0 Å². The minimum atomic E-state index is -0.574. The molecule has 0 amide bonds. The van der Waals surface area contributed by atoms with Crippen LogP contribution in [-0.4, -0.2) is 36.0 Å². The Balaban J connectivity index is 2.43. The first kappa shape index (κ1) is 15.9. The van der Waals surface area contributed by atoms with Gasteiger partial charge in [-0.15, -0.1) is 0 Å². The number of ether oxygens (including phenoxy) is 2. The van der Waals surface area contributed by atoms with Crippen molar-refractivity contribution in [3.05, 3.63) is 45.5 Å². The van der Waals surface area contributed by atoms with Crippen LogP contribution in [-0.2, 0) is 0 Å². The van der Waals surface area contributed by atoms with Gasteiger partial charge in [0.1, 0.15) is 23.0 Å². The van der Waals surface area contributed by atoms with Gasteiger partial charge in [-0.2, -0.15) is 0 Å². The Morgan fingerprint density at radius 3 is 1.83 bits per heavy atom. The maximum absolute atomic E-state index is 12.9. The van der Waals surface area contributed by atoms with E-state index in [2.05, 4.69) is 0 Å². The summed E-state index contributed by atoms with van der Waals surface area (Å²) < 4.78 is 10.4. The lowest BCUT2D eigenvalue weighted by Gasteiger charge is -2.23. The zero-order chi connectivity index (χ0) is 17.8. The van der Waals surface area contributed by atoms with E-state index >= 15 is 0 Å². The number of ketones is 2. The Morgan fingerprint density at radius 2 is 1.33 bits per heavy atom. The second-order valence-electron chi connectivity index (χ2n) is 5.61. The lowest BCUT2D eigenvalue weighted by molar-refractivity contribution is 0.0971. The summed E-state index contributed by atoms with van der Waals surface area (Å²) in [6.07, 6.45) is 0. The number of methoxy groups -OCH3 is 2. The van der Waals surface area contributed by atoms with Gasteiger partial charge in [0.15, 0.2) is 5.78 Å². The van der Waals surface area contributed by atoms with E-state index in [1.165, 1.54) is 26.4 Å². The molecule has 1 aliphatic rings. The molecule has 124 valence electrons. The fourth-order valence-corrected chi connectivity index (χ4v) is 2.95. The van der Waals surface area contributed by atoms with Crippen molar-refractivity contribution in [3.63, 3.8) is 0 Å². The Bertz CT molecular complexity index is 911. The molecule has 6 nitrogen and oxygen atoms in total. The quantitative estimate of drug-likeness (QED) is 0.702. The van der Waals surface area contributed by atoms with Crippen LogP contribution in [0.1, 0.15) is 43.0 Å². The molecule has 24 heavy (non-hydrogen) atoms. The first-order chi connectivity index (χ1) is 11.3. The van der Waals surface area contributed by atoms with Gasteiger partial charge < -0.3 is 19.7 Å². The van der Waals surface area contributed by atoms with Crippen LogP contribution in [0.2, 0.25) is 0 Å². The molecule has 6 heteroatoms. The van der Waals surface area contributed by atoms with E-state index in [0.29, 0.717) is 16.9 Å². The summed E-state index contributed by atoms with van der Waals surface area (Å²) in [6.45, 7) is 3.15. The van der Waals surface area contributed by atoms with Crippen LogP contribution in [0.25, 0.3) is 0 Å². The Labute approximate surface area is 138 Å². The zero-order valence-electron chi connectivity index (χ0n) is 13.7. The maximum Gasteiger partial charge on any atom is 0.202 e. The predicted octanol–water partition coefficient (Wildman–Crippen LogP) is 2.51. The normalized spacial score (nSPS) is 12.7. The molecule has 2 aromatic rings. The highest BCUT2D eigenvalue weighted by molar-refractivity contribution is 6.31. The number of phenols is 2. The molecule has 1 aliphatic carbocycles. The van der Waals surface area contributed by atoms with Crippen molar-refractivity contribution in [1.29, 1.82) is 0 Å². The topological polar surface area (TPSA) is 93.1 Å². The number of aromatic hydroxyl groups is 2. The molecule has 0 unspecified atom stereocenters. The smallest absolute Gasteiger partial charge is 0.202 e. The van der Waals surface area contributed by atoms with E-state index in [1.54, 1.807) is 13.8 Å². The summed E-state index contributed by atoms with van der Waals surface area (Å²) >= 11 is 0. The lowest BCUT2D eigenvalue weighted by Crippen LogP contribution is -2.23. The van der Waals surface area contributed by atoms with Gasteiger partial charge in [0.25, 0.3) is 0 Å². The molecule has 0 radical (unpaired) electrons. The lowest BCUT2D eigenvalue weighted by atomic mass is 9.80. The van der Waals surface area contributed by atoms with Crippen LogP contribution in [0.15, 0.2) is 12.1 Å². The number of carbonyl (C=O) groups excluding carboxylic acids is 2. The van der Waals surface area contributed by atoms with Crippen LogP contribution in [0, 0.1) is 13.8 Å². The molecule has 0 spiro atoms. The fraction of sp³-hybridized carbons (Fsp3) is 0.222. The summed E-state index contributed by atoms with van der Waals surface area (Å²) in [7, 11) is 2.81. The molecule has 2 N–H and O–H groups in total. The van der Waals surface area contributed by atoms with Gasteiger partial charge in [0.05, 0.1) is 30.9 Å². The Hall–Kier alpha value is -3.02. The Morgan fingerprint density at radius 1 is 0.792 bits per heavy atom. The summed E-state index contributed by atoms with van der Waals surface area (Å²) in [5.74, 6) is -1.22. The molecular weight excluding hydrogens is 312 g/mol. The van der Waals surface area contributed by atoms with Crippen molar-refractivity contribution in [2.24, 2.45) is 0 Å². The zero-order valence-corrected chi connectivity index (χ0v) is 13.7. The number of benzene rings is 2. The van der Waals surface area contributed by atoms with Crippen LogP contribution < -0.4 is 9.47 Å². The minimum Gasteiger partial charge on any atom is -0.507 e. The SMILES string of the molecule is COc1cc(OC)c2c(c1)C(=O)c1c(O)c(C)c(C)c(O)c1C2=O. The average molecular weight is 328 g/mol. The summed E-state index contributed by atoms with van der Waals surface area (Å²) in [5.41, 5.74) is 0.435. The summed E-state index contributed by atoms with van der Waals surface area (Å²) in [4.78, 5) is 25.8. The van der Waals surface area contributed by atoms with Crippen molar-refractivity contribution in [1.82, 2.24) is 0 Å². The van der Waals surface area contributed by atoms with Crippen molar-refractivity contribution in [3.8, 4) is 23.0 Å². The third-order valence-corrected chi connectivity index (χ3v) is 4.45. The molecule has 0 bridgehead atoms. The first-order valence-electron chi connectivity index (χ1n) is 7.23. The summed E-state index contributed by atoms with van der Waals surface area (Å²) in [5, 5.41) is 20.7. The molecule has 0 atom stereocenters. The van der Waals surface area contributed by atoms with Gasteiger partial charge in [-0.1, -0.05) is 0 Å². The number of phenolic OH excluding ortho intramolecular Hbond substituents is 2. The van der Waals surface area contributed by atoms with E-state index in [4.69, 9.17) is 9.47 Å². The molecule has 0 heterocycles. The van der Waals surface area contributed by atoms with Gasteiger partial charge in [-0.3, -0.25) is 9.59 Å². The first-order valence-corrected chi connectivity index (χ1v) is 7.23. The van der Waals surface area contributed by atoms with Crippen molar-refractivity contribution >= 4 is 11.6 Å². The molecule has 0 fully saturated rings. The molecule has 0 aliphatic heterocycles. The Kier molecular flexibility index (Phi) is 3.48. The van der Waals surface area contributed by atoms with Crippen molar-refractivity contribution < 1.29 is 29.3 Å². The van der Waals surface area contributed by atoms with Gasteiger partial charge in [-0.05, 0) is 31.0 Å². The highest BCUT2D eigenvalue weighted by Gasteiger charge is 2.38. The molecular formula is C18H16O6. The number of rotatable bonds is 2. The molecule has 0 saturated heterocycles. The predicted molar refractivity (Wildman–Crippen MR) is 85.7 cm³/mol. The van der Waals surface area contributed by atoms with Crippen LogP contribution in [0.5, 0.6) is 23.0 Å². The van der Waals surface area contributed by atoms with Gasteiger partial charge in [0, 0.05) is 11.6 Å². The minimum absolute atomic E-state index is 0.0498. The highest BCUT2D eigenvalue weighted by atomic mass is 16.5. The van der Waals surface area contributed by atoms with Crippen LogP contribution >= 0.6 is 0 Å². The molecule has 3 rings (SSSR count). The standard InChI is InChI=1S/C18H16O6/c1-7-8(2)16(20)14-13(15(7)19)17(21)10-5-9(23-3)6-11(24-4)12(10)18(14)22/h5-6,19-20H,1-4H3. The second-order valence-corrected chi connectivity index (χ2v) is 5.61. The third kappa shape index (κ3) is 1.89. The molecule has 2 aromatic carbocycles. The van der Waals surface area contributed by atoms with Gasteiger partial charge >= 0.3 is 0 Å². The number of carbonyl (C=O) groups is 2. The third-order valence-electron chi connectivity index (χ3n) is 4.45. The van der Waals surface area contributed by atoms with E-state index in [1.807, 2.05) is 0 Å². The number of fused-ring (bicyclic) bond motifs is 2. The maximum atomic E-state index is 12.9. The fourth-order valence-electron chi connectivity index (χ4n) is 2.95. The average Bonchev–Trinajstić information content (AvgIpc) is 2.59. The number of hydrogen-bond acceptors (Lipinski definition) is 6. The van der Waals surface area contributed by atoms with E-state index in [9.17, 15) is 19.8 Å².